The van der Waals surface area contributed by atoms with Gasteiger partial charge in [0.25, 0.3) is 5.56 Å². The van der Waals surface area contributed by atoms with Gasteiger partial charge in [0, 0.05) is 23.0 Å². The second-order valence-electron chi connectivity index (χ2n) is 5.61. The second kappa shape index (κ2) is 7.88. The molecule has 0 fully saturated rings. The van der Waals surface area contributed by atoms with Crippen LogP contribution in [-0.4, -0.2) is 15.5 Å². The number of hydrogen-bond acceptors (Lipinski definition) is 3. The number of anilines is 1. The predicted octanol–water partition coefficient (Wildman–Crippen LogP) is 2.77. The van der Waals surface area contributed by atoms with Crippen molar-refractivity contribution >= 4 is 28.8 Å². The summed E-state index contributed by atoms with van der Waals surface area (Å²) in [5, 5.41) is 2.86. The SMILES string of the molecule is CCCC(C(=O)Nc1cccc(C(N)=S)c1)n1c(C)cccc1=O. The molecule has 6 heteroatoms. The van der Waals surface area contributed by atoms with Crippen LogP contribution in [0.15, 0.2) is 47.3 Å². The molecule has 2 rings (SSSR count). The molecule has 1 unspecified atom stereocenters. The lowest BCUT2D eigenvalue weighted by atomic mass is 10.1. The molecule has 2 aromatic rings. The summed E-state index contributed by atoms with van der Waals surface area (Å²) in [5.74, 6) is -0.228. The van der Waals surface area contributed by atoms with Crippen LogP contribution in [0.1, 0.15) is 37.1 Å². The molecular formula is C18H21N3O2S. The third-order valence-electron chi connectivity index (χ3n) is 3.78. The van der Waals surface area contributed by atoms with Crippen LogP contribution in [0, 0.1) is 6.92 Å². The second-order valence-corrected chi connectivity index (χ2v) is 6.05. The fraction of sp³-hybridized carbons (Fsp3) is 0.278. The van der Waals surface area contributed by atoms with E-state index < -0.39 is 6.04 Å². The smallest absolute Gasteiger partial charge is 0.251 e. The molecule has 0 spiro atoms. The zero-order valence-electron chi connectivity index (χ0n) is 13.8. The highest BCUT2D eigenvalue weighted by Gasteiger charge is 2.22. The van der Waals surface area contributed by atoms with Crippen LogP contribution in [-0.2, 0) is 4.79 Å². The number of benzene rings is 1. The van der Waals surface area contributed by atoms with E-state index >= 15 is 0 Å². The number of carbonyl (C=O) groups is 1. The van der Waals surface area contributed by atoms with Gasteiger partial charge in [-0.1, -0.05) is 43.8 Å². The summed E-state index contributed by atoms with van der Waals surface area (Å²) >= 11 is 4.96. The van der Waals surface area contributed by atoms with E-state index in [1.54, 1.807) is 30.3 Å². The van der Waals surface area contributed by atoms with Gasteiger partial charge >= 0.3 is 0 Å². The Balaban J connectivity index is 2.32. The molecule has 3 N–H and O–H groups in total. The zero-order valence-corrected chi connectivity index (χ0v) is 14.6. The van der Waals surface area contributed by atoms with Gasteiger partial charge in [0.2, 0.25) is 5.91 Å². The number of nitrogens with two attached hydrogens (primary N) is 1. The fourth-order valence-corrected chi connectivity index (χ4v) is 2.76. The van der Waals surface area contributed by atoms with Crippen molar-refractivity contribution in [1.82, 2.24) is 4.57 Å². The van der Waals surface area contributed by atoms with Gasteiger partial charge in [-0.15, -0.1) is 0 Å². The van der Waals surface area contributed by atoms with Gasteiger partial charge in [0.15, 0.2) is 0 Å². The minimum atomic E-state index is -0.558. The predicted molar refractivity (Wildman–Crippen MR) is 100 cm³/mol. The highest BCUT2D eigenvalue weighted by Crippen LogP contribution is 2.18. The molecule has 0 radical (unpaired) electrons. The maximum atomic E-state index is 12.8. The molecule has 1 amide bonds. The molecule has 5 nitrogen and oxygen atoms in total. The van der Waals surface area contributed by atoms with E-state index in [2.05, 4.69) is 5.32 Å². The van der Waals surface area contributed by atoms with E-state index in [0.717, 1.165) is 12.1 Å². The summed E-state index contributed by atoms with van der Waals surface area (Å²) in [6.45, 7) is 3.81. The van der Waals surface area contributed by atoms with Crippen LogP contribution in [0.2, 0.25) is 0 Å². The van der Waals surface area contributed by atoms with Crippen LogP contribution in [0.4, 0.5) is 5.69 Å². The maximum Gasteiger partial charge on any atom is 0.251 e. The number of carbonyl (C=O) groups excluding carboxylic acids is 1. The minimum Gasteiger partial charge on any atom is -0.389 e. The lowest BCUT2D eigenvalue weighted by molar-refractivity contribution is -0.119. The number of hydrogen-bond donors (Lipinski definition) is 2. The molecule has 0 aliphatic carbocycles. The number of nitrogens with zero attached hydrogens (tertiary/aromatic N) is 1. The zero-order chi connectivity index (χ0) is 17.7. The molecule has 24 heavy (non-hydrogen) atoms. The molecule has 126 valence electrons. The van der Waals surface area contributed by atoms with Crippen molar-refractivity contribution in [3.8, 4) is 0 Å². The first kappa shape index (κ1) is 17.9. The van der Waals surface area contributed by atoms with Gasteiger partial charge in [0.1, 0.15) is 11.0 Å². The molecule has 0 saturated heterocycles. The van der Waals surface area contributed by atoms with Crippen molar-refractivity contribution in [3.63, 3.8) is 0 Å². The third-order valence-corrected chi connectivity index (χ3v) is 4.02. The van der Waals surface area contributed by atoms with Gasteiger partial charge in [-0.2, -0.15) is 0 Å². The van der Waals surface area contributed by atoms with E-state index in [1.807, 2.05) is 19.9 Å². The van der Waals surface area contributed by atoms with Crippen molar-refractivity contribution in [1.29, 1.82) is 0 Å². The Kier molecular flexibility index (Phi) is 5.87. The van der Waals surface area contributed by atoms with Gasteiger partial charge in [-0.25, -0.2) is 0 Å². The Morgan fingerprint density at radius 1 is 1.29 bits per heavy atom. The maximum absolute atomic E-state index is 12.8. The lowest BCUT2D eigenvalue weighted by Crippen LogP contribution is -2.34. The lowest BCUT2D eigenvalue weighted by Gasteiger charge is -2.21. The average Bonchev–Trinajstić information content (AvgIpc) is 2.54. The first-order valence-electron chi connectivity index (χ1n) is 7.83. The van der Waals surface area contributed by atoms with Crippen molar-refractivity contribution in [2.24, 2.45) is 5.73 Å². The van der Waals surface area contributed by atoms with E-state index in [9.17, 15) is 9.59 Å². The van der Waals surface area contributed by atoms with Gasteiger partial charge < -0.3 is 15.6 Å². The van der Waals surface area contributed by atoms with Crippen LogP contribution >= 0.6 is 12.2 Å². The average molecular weight is 343 g/mol. The number of thiocarbonyl (C=S) groups is 1. The Morgan fingerprint density at radius 2 is 2.00 bits per heavy atom. The van der Waals surface area contributed by atoms with Crippen molar-refractivity contribution < 1.29 is 4.79 Å². The normalized spacial score (nSPS) is 11.8. The highest BCUT2D eigenvalue weighted by molar-refractivity contribution is 7.80. The summed E-state index contributed by atoms with van der Waals surface area (Å²) in [6, 6.07) is 11.5. The molecule has 0 bridgehead atoms. The number of rotatable bonds is 6. The molecule has 0 aliphatic heterocycles. The molecule has 0 saturated carbocycles. The van der Waals surface area contributed by atoms with Crippen LogP contribution in [0.3, 0.4) is 0 Å². The summed E-state index contributed by atoms with van der Waals surface area (Å²) in [7, 11) is 0. The third kappa shape index (κ3) is 4.08. The first-order chi connectivity index (χ1) is 11.4. The molecule has 1 heterocycles. The number of pyridine rings is 1. The quantitative estimate of drug-likeness (QED) is 0.791. The van der Waals surface area contributed by atoms with Crippen molar-refractivity contribution in [2.45, 2.75) is 32.7 Å². The highest BCUT2D eigenvalue weighted by atomic mass is 32.1. The van der Waals surface area contributed by atoms with Gasteiger partial charge in [0.05, 0.1) is 0 Å². The summed E-state index contributed by atoms with van der Waals surface area (Å²) in [5.41, 5.74) is 7.49. The monoisotopic (exact) mass is 343 g/mol. The van der Waals surface area contributed by atoms with Crippen LogP contribution in [0.5, 0.6) is 0 Å². The van der Waals surface area contributed by atoms with E-state index in [1.165, 1.54) is 10.6 Å². The van der Waals surface area contributed by atoms with Crippen molar-refractivity contribution in [3.05, 3.63) is 64.1 Å². The molecule has 1 aromatic heterocycles. The van der Waals surface area contributed by atoms with E-state index in [-0.39, 0.29) is 16.5 Å². The molecular weight excluding hydrogens is 322 g/mol. The Bertz CT molecular complexity index is 814. The fourth-order valence-electron chi connectivity index (χ4n) is 2.63. The number of aryl methyl sites for hydroxylation is 1. The number of amides is 1. The summed E-state index contributed by atoms with van der Waals surface area (Å²) in [6.07, 6.45) is 1.36. The van der Waals surface area contributed by atoms with E-state index in [0.29, 0.717) is 17.7 Å². The Morgan fingerprint density at radius 3 is 2.62 bits per heavy atom. The standard InChI is InChI=1S/C18H21N3O2S/c1-3-6-15(21-12(2)7-4-10-16(21)22)18(23)20-14-9-5-8-13(11-14)17(19)24/h4-5,7-11,15H,3,6H2,1-2H3,(H2,19,24)(H,20,23). The summed E-state index contributed by atoms with van der Waals surface area (Å²) in [4.78, 5) is 25.2. The molecule has 1 aromatic carbocycles. The van der Waals surface area contributed by atoms with Crippen LogP contribution in [0.25, 0.3) is 0 Å². The largest absolute Gasteiger partial charge is 0.389 e. The number of nitrogens with one attached hydrogen (secondary N) is 1. The minimum absolute atomic E-state index is 0.180. The Hall–Kier alpha value is -2.47. The van der Waals surface area contributed by atoms with Gasteiger partial charge in [-0.3, -0.25) is 9.59 Å². The first-order valence-corrected chi connectivity index (χ1v) is 8.23. The topological polar surface area (TPSA) is 77.1 Å². The molecule has 1 atom stereocenters. The Labute approximate surface area is 146 Å². The number of aromatic nitrogens is 1. The van der Waals surface area contributed by atoms with E-state index in [4.69, 9.17) is 18.0 Å². The molecule has 0 aliphatic rings. The van der Waals surface area contributed by atoms with Crippen molar-refractivity contribution in [2.75, 3.05) is 5.32 Å². The van der Waals surface area contributed by atoms with Crippen LogP contribution < -0.4 is 16.6 Å². The van der Waals surface area contributed by atoms with Gasteiger partial charge in [-0.05, 0) is 31.5 Å². The summed E-state index contributed by atoms with van der Waals surface area (Å²) < 4.78 is 1.54.